The number of esters is 1. The maximum Gasteiger partial charge on any atom is 0.302 e. The van der Waals surface area contributed by atoms with Crippen molar-refractivity contribution in [3.05, 3.63) is 0 Å². The SMILES string of the molecule is CC(=O)OCC1CN2CCN1C(C)C2C. The van der Waals surface area contributed by atoms with E-state index >= 15 is 0 Å². The lowest BCUT2D eigenvalue weighted by atomic mass is 9.96. The van der Waals surface area contributed by atoms with Gasteiger partial charge in [0.1, 0.15) is 6.61 Å². The van der Waals surface area contributed by atoms with Gasteiger partial charge in [0.2, 0.25) is 0 Å². The van der Waals surface area contributed by atoms with Crippen molar-refractivity contribution in [3.63, 3.8) is 0 Å². The van der Waals surface area contributed by atoms with Gasteiger partial charge in [-0.3, -0.25) is 14.6 Å². The average molecular weight is 212 g/mol. The van der Waals surface area contributed by atoms with Crippen LogP contribution in [0.4, 0.5) is 0 Å². The standard InChI is InChI=1S/C11H20N2O2/c1-8-9(2)13-5-4-12(8)6-11(13)7-15-10(3)14/h8-9,11H,4-7H2,1-3H3. The van der Waals surface area contributed by atoms with E-state index in [9.17, 15) is 4.79 Å². The molecule has 3 fully saturated rings. The number of ether oxygens (including phenoxy) is 1. The number of piperazine rings is 3. The molecular weight excluding hydrogens is 192 g/mol. The van der Waals surface area contributed by atoms with Crippen molar-refractivity contribution in [2.45, 2.75) is 38.9 Å². The zero-order valence-electron chi connectivity index (χ0n) is 9.77. The topological polar surface area (TPSA) is 32.8 Å². The first-order chi connectivity index (χ1) is 7.09. The van der Waals surface area contributed by atoms with Crippen molar-refractivity contribution in [2.75, 3.05) is 26.2 Å². The Morgan fingerprint density at radius 1 is 1.33 bits per heavy atom. The number of carbonyl (C=O) groups is 1. The lowest BCUT2D eigenvalue weighted by Gasteiger charge is -2.55. The summed E-state index contributed by atoms with van der Waals surface area (Å²) < 4.78 is 5.11. The minimum Gasteiger partial charge on any atom is -0.464 e. The Balaban J connectivity index is 1.96. The molecule has 3 heterocycles. The zero-order valence-corrected chi connectivity index (χ0v) is 9.77. The predicted octanol–water partition coefficient (Wildman–Crippen LogP) is 0.326. The Morgan fingerprint density at radius 2 is 2.07 bits per heavy atom. The molecule has 3 aliphatic rings. The Hall–Kier alpha value is -0.610. The second kappa shape index (κ2) is 4.10. The summed E-state index contributed by atoms with van der Waals surface area (Å²) in [5.41, 5.74) is 0. The molecule has 0 N–H and O–H groups in total. The number of hydrogen-bond acceptors (Lipinski definition) is 4. The van der Waals surface area contributed by atoms with Crippen molar-refractivity contribution < 1.29 is 9.53 Å². The Labute approximate surface area is 91.2 Å². The summed E-state index contributed by atoms with van der Waals surface area (Å²) in [7, 11) is 0. The second-order valence-electron chi connectivity index (χ2n) is 4.67. The van der Waals surface area contributed by atoms with Gasteiger partial charge in [0, 0.05) is 38.6 Å². The fourth-order valence-corrected chi connectivity index (χ4v) is 2.74. The molecule has 0 amide bonds. The lowest BCUT2D eigenvalue weighted by Crippen LogP contribution is -2.69. The molecule has 0 aromatic heterocycles. The van der Waals surface area contributed by atoms with E-state index in [2.05, 4.69) is 23.6 Å². The summed E-state index contributed by atoms with van der Waals surface area (Å²) in [6, 6.07) is 1.61. The van der Waals surface area contributed by atoms with Crippen LogP contribution < -0.4 is 0 Å². The smallest absolute Gasteiger partial charge is 0.302 e. The number of hydrogen-bond donors (Lipinski definition) is 0. The van der Waals surface area contributed by atoms with Crippen molar-refractivity contribution in [3.8, 4) is 0 Å². The van der Waals surface area contributed by atoms with Crippen molar-refractivity contribution in [1.82, 2.24) is 9.80 Å². The van der Waals surface area contributed by atoms with Crippen LogP contribution in [0.15, 0.2) is 0 Å². The van der Waals surface area contributed by atoms with E-state index in [0.717, 1.165) is 19.6 Å². The molecule has 3 saturated heterocycles. The highest BCUT2D eigenvalue weighted by Crippen LogP contribution is 2.26. The normalized spacial score (nSPS) is 44.1. The van der Waals surface area contributed by atoms with Crippen LogP contribution in [0.25, 0.3) is 0 Å². The molecule has 2 bridgehead atoms. The van der Waals surface area contributed by atoms with Crippen LogP contribution in [0, 0.1) is 0 Å². The van der Waals surface area contributed by atoms with Gasteiger partial charge in [0.15, 0.2) is 0 Å². The van der Waals surface area contributed by atoms with Crippen LogP contribution in [0.3, 0.4) is 0 Å². The third-order valence-electron chi connectivity index (χ3n) is 3.84. The molecule has 4 nitrogen and oxygen atoms in total. The Kier molecular flexibility index (Phi) is 2.98. The zero-order chi connectivity index (χ0) is 11.0. The first-order valence-corrected chi connectivity index (χ1v) is 5.72. The molecule has 3 aliphatic heterocycles. The van der Waals surface area contributed by atoms with Crippen LogP contribution in [0.2, 0.25) is 0 Å². The minimum absolute atomic E-state index is 0.173. The van der Waals surface area contributed by atoms with Crippen molar-refractivity contribution in [1.29, 1.82) is 0 Å². The summed E-state index contributed by atoms with van der Waals surface area (Å²) in [4.78, 5) is 15.8. The quantitative estimate of drug-likeness (QED) is 0.617. The number of nitrogens with zero attached hydrogens (tertiary/aromatic N) is 2. The molecular formula is C11H20N2O2. The first kappa shape index (κ1) is 10.9. The lowest BCUT2D eigenvalue weighted by molar-refractivity contribution is -0.147. The summed E-state index contributed by atoms with van der Waals surface area (Å²) in [6.45, 7) is 9.86. The van der Waals surface area contributed by atoms with Crippen LogP contribution in [-0.2, 0) is 9.53 Å². The van der Waals surface area contributed by atoms with Gasteiger partial charge >= 0.3 is 5.97 Å². The van der Waals surface area contributed by atoms with Gasteiger partial charge in [0.05, 0.1) is 6.04 Å². The van der Waals surface area contributed by atoms with Gasteiger partial charge in [-0.2, -0.15) is 0 Å². The van der Waals surface area contributed by atoms with Gasteiger partial charge in [-0.15, -0.1) is 0 Å². The highest BCUT2D eigenvalue weighted by Gasteiger charge is 2.41. The minimum atomic E-state index is -0.173. The summed E-state index contributed by atoms with van der Waals surface area (Å²) in [5, 5.41) is 0. The van der Waals surface area contributed by atoms with E-state index in [0.29, 0.717) is 24.7 Å². The van der Waals surface area contributed by atoms with Gasteiger partial charge in [-0.1, -0.05) is 0 Å². The third-order valence-corrected chi connectivity index (χ3v) is 3.84. The van der Waals surface area contributed by atoms with Gasteiger partial charge in [0.25, 0.3) is 0 Å². The van der Waals surface area contributed by atoms with Crippen molar-refractivity contribution in [2.24, 2.45) is 0 Å². The molecule has 15 heavy (non-hydrogen) atoms. The van der Waals surface area contributed by atoms with E-state index in [1.807, 2.05) is 0 Å². The van der Waals surface area contributed by atoms with Gasteiger partial charge in [-0.25, -0.2) is 0 Å². The van der Waals surface area contributed by atoms with Crippen LogP contribution >= 0.6 is 0 Å². The highest BCUT2D eigenvalue weighted by molar-refractivity contribution is 5.65. The van der Waals surface area contributed by atoms with Crippen LogP contribution in [0.1, 0.15) is 20.8 Å². The number of rotatable bonds is 2. The fourth-order valence-electron chi connectivity index (χ4n) is 2.74. The first-order valence-electron chi connectivity index (χ1n) is 5.72. The average Bonchev–Trinajstić information content (AvgIpc) is 2.22. The van der Waals surface area contributed by atoms with Gasteiger partial charge in [-0.05, 0) is 13.8 Å². The summed E-state index contributed by atoms with van der Waals surface area (Å²) in [5.74, 6) is -0.173. The maximum atomic E-state index is 10.8. The Bertz CT molecular complexity index is 255. The van der Waals surface area contributed by atoms with Crippen LogP contribution in [-0.4, -0.2) is 60.1 Å². The van der Waals surface area contributed by atoms with Crippen LogP contribution in [0.5, 0.6) is 0 Å². The summed E-state index contributed by atoms with van der Waals surface area (Å²) in [6.07, 6.45) is 0. The number of fused-ring (bicyclic) bond motifs is 3. The maximum absolute atomic E-state index is 10.8. The molecule has 0 aromatic rings. The molecule has 86 valence electrons. The van der Waals surface area contributed by atoms with E-state index in [1.165, 1.54) is 6.92 Å². The molecule has 0 saturated carbocycles. The summed E-state index contributed by atoms with van der Waals surface area (Å²) >= 11 is 0. The number of carbonyl (C=O) groups excluding carboxylic acids is 1. The third kappa shape index (κ3) is 2.01. The molecule has 5 unspecified atom stereocenters. The molecule has 0 aliphatic carbocycles. The molecule has 0 spiro atoms. The van der Waals surface area contributed by atoms with E-state index < -0.39 is 0 Å². The Morgan fingerprint density at radius 3 is 2.67 bits per heavy atom. The predicted molar refractivity (Wildman–Crippen MR) is 57.6 cm³/mol. The monoisotopic (exact) mass is 212 g/mol. The molecule has 5 atom stereocenters. The largest absolute Gasteiger partial charge is 0.464 e. The van der Waals surface area contributed by atoms with E-state index in [4.69, 9.17) is 4.74 Å². The fraction of sp³-hybridized carbons (Fsp3) is 0.909. The van der Waals surface area contributed by atoms with Gasteiger partial charge < -0.3 is 4.74 Å². The highest BCUT2D eigenvalue weighted by atomic mass is 16.5. The van der Waals surface area contributed by atoms with E-state index in [1.54, 1.807) is 0 Å². The molecule has 0 radical (unpaired) electrons. The van der Waals surface area contributed by atoms with Crippen molar-refractivity contribution >= 4 is 5.97 Å². The molecule has 3 rings (SSSR count). The second-order valence-corrected chi connectivity index (χ2v) is 4.67. The van der Waals surface area contributed by atoms with E-state index in [-0.39, 0.29) is 5.97 Å². The molecule has 0 aromatic carbocycles. The molecule has 4 heteroatoms.